The van der Waals surface area contributed by atoms with Crippen molar-refractivity contribution in [2.24, 2.45) is 0 Å². The fourth-order valence-corrected chi connectivity index (χ4v) is 3.26. The van der Waals surface area contributed by atoms with Gasteiger partial charge in [-0.25, -0.2) is 4.79 Å². The van der Waals surface area contributed by atoms with E-state index in [4.69, 9.17) is 4.74 Å². The standard InChI is InChI=1S/C20H23NO3S/c1-4-24-20(23)16-9-10-18(15(3)11-16)21-19(22)13-25-12-17-8-6-5-7-14(17)2/h5-11H,4,12-13H2,1-3H3,(H,21,22). The van der Waals surface area contributed by atoms with Crippen LogP contribution in [0.1, 0.15) is 34.0 Å². The molecule has 0 fully saturated rings. The quantitative estimate of drug-likeness (QED) is 0.749. The van der Waals surface area contributed by atoms with Gasteiger partial charge in [0, 0.05) is 11.4 Å². The van der Waals surface area contributed by atoms with Gasteiger partial charge in [-0.05, 0) is 55.7 Å². The van der Waals surface area contributed by atoms with Gasteiger partial charge in [-0.1, -0.05) is 24.3 Å². The molecule has 0 saturated carbocycles. The third-order valence-corrected chi connectivity index (χ3v) is 4.75. The Bertz CT molecular complexity index is 758. The predicted octanol–water partition coefficient (Wildman–Crippen LogP) is 4.35. The average Bonchev–Trinajstić information content (AvgIpc) is 2.58. The lowest BCUT2D eigenvalue weighted by atomic mass is 10.1. The van der Waals surface area contributed by atoms with Gasteiger partial charge in [-0.3, -0.25) is 4.79 Å². The van der Waals surface area contributed by atoms with E-state index < -0.39 is 0 Å². The van der Waals surface area contributed by atoms with Crippen LogP contribution in [-0.4, -0.2) is 24.2 Å². The molecule has 0 aliphatic rings. The third-order valence-electron chi connectivity index (χ3n) is 3.76. The molecule has 0 aromatic heterocycles. The van der Waals surface area contributed by atoms with Crippen LogP contribution in [0.5, 0.6) is 0 Å². The maximum Gasteiger partial charge on any atom is 0.338 e. The fourth-order valence-electron chi connectivity index (χ4n) is 2.36. The van der Waals surface area contributed by atoms with Crippen molar-refractivity contribution in [2.45, 2.75) is 26.5 Å². The Labute approximate surface area is 153 Å². The Hall–Kier alpha value is -2.27. The first-order chi connectivity index (χ1) is 12.0. The molecule has 0 spiro atoms. The first kappa shape index (κ1) is 19.1. The van der Waals surface area contributed by atoms with E-state index in [0.29, 0.717) is 17.9 Å². The number of carbonyl (C=O) groups is 2. The van der Waals surface area contributed by atoms with Crippen molar-refractivity contribution in [2.75, 3.05) is 17.7 Å². The Morgan fingerprint density at radius 1 is 1.08 bits per heavy atom. The molecule has 0 radical (unpaired) electrons. The Morgan fingerprint density at radius 3 is 2.52 bits per heavy atom. The molecule has 0 aliphatic carbocycles. The number of anilines is 1. The molecule has 2 aromatic rings. The summed E-state index contributed by atoms with van der Waals surface area (Å²) in [7, 11) is 0. The van der Waals surface area contributed by atoms with Crippen LogP contribution in [0.3, 0.4) is 0 Å². The van der Waals surface area contributed by atoms with Crippen LogP contribution >= 0.6 is 11.8 Å². The van der Waals surface area contributed by atoms with Gasteiger partial charge in [0.25, 0.3) is 0 Å². The number of esters is 1. The second kappa shape index (κ2) is 9.28. The summed E-state index contributed by atoms with van der Waals surface area (Å²) in [4.78, 5) is 23.9. The molecule has 4 nitrogen and oxygen atoms in total. The molecule has 5 heteroatoms. The van der Waals surface area contributed by atoms with Crippen molar-refractivity contribution in [3.05, 3.63) is 64.7 Å². The molecule has 2 aromatic carbocycles. The predicted molar refractivity (Wildman–Crippen MR) is 103 cm³/mol. The molecule has 0 bridgehead atoms. The normalized spacial score (nSPS) is 10.4. The number of carbonyl (C=O) groups excluding carboxylic acids is 2. The highest BCUT2D eigenvalue weighted by Gasteiger charge is 2.10. The van der Waals surface area contributed by atoms with Crippen LogP contribution in [0.2, 0.25) is 0 Å². The van der Waals surface area contributed by atoms with Crippen LogP contribution < -0.4 is 5.32 Å². The molecule has 0 heterocycles. The number of benzene rings is 2. The van der Waals surface area contributed by atoms with Gasteiger partial charge in [0.1, 0.15) is 0 Å². The van der Waals surface area contributed by atoms with Crippen LogP contribution in [-0.2, 0) is 15.3 Å². The smallest absolute Gasteiger partial charge is 0.338 e. The van der Waals surface area contributed by atoms with E-state index in [1.54, 1.807) is 36.9 Å². The van der Waals surface area contributed by atoms with Crippen LogP contribution in [0.4, 0.5) is 5.69 Å². The summed E-state index contributed by atoms with van der Waals surface area (Å²) < 4.78 is 4.98. The molecular weight excluding hydrogens is 334 g/mol. The number of amides is 1. The molecule has 0 saturated heterocycles. The van der Waals surface area contributed by atoms with Crippen LogP contribution in [0, 0.1) is 13.8 Å². The topological polar surface area (TPSA) is 55.4 Å². The van der Waals surface area contributed by atoms with Crippen molar-refractivity contribution < 1.29 is 14.3 Å². The van der Waals surface area contributed by atoms with E-state index in [2.05, 4.69) is 24.4 Å². The monoisotopic (exact) mass is 357 g/mol. The van der Waals surface area contributed by atoms with Crippen molar-refractivity contribution in [3.63, 3.8) is 0 Å². The van der Waals surface area contributed by atoms with Gasteiger partial charge in [0.15, 0.2) is 0 Å². The number of hydrogen-bond donors (Lipinski definition) is 1. The highest BCUT2D eigenvalue weighted by molar-refractivity contribution is 7.99. The van der Waals surface area contributed by atoms with Gasteiger partial charge >= 0.3 is 5.97 Å². The number of hydrogen-bond acceptors (Lipinski definition) is 4. The SMILES string of the molecule is CCOC(=O)c1ccc(NC(=O)CSCc2ccccc2C)c(C)c1. The number of rotatable bonds is 7. The zero-order chi connectivity index (χ0) is 18.2. The highest BCUT2D eigenvalue weighted by Crippen LogP contribution is 2.19. The maximum absolute atomic E-state index is 12.1. The average molecular weight is 357 g/mol. The fraction of sp³-hybridized carbons (Fsp3) is 0.300. The summed E-state index contributed by atoms with van der Waals surface area (Å²) in [5.41, 5.74) is 4.53. The van der Waals surface area contributed by atoms with Crippen LogP contribution in [0.15, 0.2) is 42.5 Å². The van der Waals surface area contributed by atoms with E-state index in [0.717, 1.165) is 17.0 Å². The molecule has 0 unspecified atom stereocenters. The Morgan fingerprint density at radius 2 is 1.84 bits per heavy atom. The highest BCUT2D eigenvalue weighted by atomic mass is 32.2. The van der Waals surface area contributed by atoms with Gasteiger partial charge in [-0.15, -0.1) is 11.8 Å². The summed E-state index contributed by atoms with van der Waals surface area (Å²) >= 11 is 1.58. The first-order valence-electron chi connectivity index (χ1n) is 8.21. The molecule has 1 amide bonds. The molecule has 0 aliphatic heterocycles. The number of aryl methyl sites for hydroxylation is 2. The van der Waals surface area contributed by atoms with E-state index in [1.807, 2.05) is 19.1 Å². The minimum absolute atomic E-state index is 0.0504. The maximum atomic E-state index is 12.1. The second-order valence-electron chi connectivity index (χ2n) is 5.72. The Kier molecular flexibility index (Phi) is 7.07. The third kappa shape index (κ3) is 5.64. The van der Waals surface area contributed by atoms with Crippen molar-refractivity contribution in [3.8, 4) is 0 Å². The number of nitrogens with one attached hydrogen (secondary N) is 1. The van der Waals surface area contributed by atoms with Crippen LogP contribution in [0.25, 0.3) is 0 Å². The molecule has 2 rings (SSSR count). The molecule has 25 heavy (non-hydrogen) atoms. The largest absolute Gasteiger partial charge is 0.462 e. The van der Waals surface area contributed by atoms with Gasteiger partial charge in [-0.2, -0.15) is 0 Å². The minimum Gasteiger partial charge on any atom is -0.462 e. The van der Waals surface area contributed by atoms with Gasteiger partial charge < -0.3 is 10.1 Å². The lowest BCUT2D eigenvalue weighted by Crippen LogP contribution is -2.15. The van der Waals surface area contributed by atoms with Crippen molar-refractivity contribution >= 4 is 29.3 Å². The minimum atomic E-state index is -0.350. The molecule has 0 atom stereocenters. The summed E-state index contributed by atoms with van der Waals surface area (Å²) in [5, 5.41) is 2.90. The summed E-state index contributed by atoms with van der Waals surface area (Å²) in [6, 6.07) is 13.3. The Balaban J connectivity index is 1.88. The van der Waals surface area contributed by atoms with Gasteiger partial charge in [0.05, 0.1) is 17.9 Å². The summed E-state index contributed by atoms with van der Waals surface area (Å²) in [6.07, 6.45) is 0. The summed E-state index contributed by atoms with van der Waals surface area (Å²) in [6.45, 7) is 6.05. The second-order valence-corrected chi connectivity index (χ2v) is 6.70. The molecule has 1 N–H and O–H groups in total. The zero-order valence-electron chi connectivity index (χ0n) is 14.8. The number of thioether (sulfide) groups is 1. The number of ether oxygens (including phenoxy) is 1. The first-order valence-corrected chi connectivity index (χ1v) is 9.36. The summed E-state index contributed by atoms with van der Waals surface area (Å²) in [5.74, 6) is 0.789. The van der Waals surface area contributed by atoms with E-state index in [9.17, 15) is 9.59 Å². The van der Waals surface area contributed by atoms with Crippen molar-refractivity contribution in [1.29, 1.82) is 0 Å². The van der Waals surface area contributed by atoms with Crippen molar-refractivity contribution in [1.82, 2.24) is 0 Å². The molecule has 132 valence electrons. The lowest BCUT2D eigenvalue weighted by molar-refractivity contribution is -0.113. The van der Waals surface area contributed by atoms with E-state index in [-0.39, 0.29) is 11.9 Å². The van der Waals surface area contributed by atoms with Gasteiger partial charge in [0.2, 0.25) is 5.91 Å². The zero-order valence-corrected chi connectivity index (χ0v) is 15.6. The van der Waals surface area contributed by atoms with E-state index in [1.165, 1.54) is 11.1 Å². The molecular formula is C20H23NO3S. The lowest BCUT2D eigenvalue weighted by Gasteiger charge is -2.10. The van der Waals surface area contributed by atoms with E-state index >= 15 is 0 Å².